The maximum atomic E-state index is 10.6. The van der Waals surface area contributed by atoms with Crippen molar-refractivity contribution in [3.05, 3.63) is 35.9 Å². The Hall–Kier alpha value is -1.43. The van der Waals surface area contributed by atoms with Crippen molar-refractivity contribution in [3.63, 3.8) is 0 Å². The highest BCUT2D eigenvalue weighted by Crippen LogP contribution is 2.47. The minimum Gasteiger partial charge on any atom is -0.481 e. The van der Waals surface area contributed by atoms with Crippen LogP contribution in [0, 0.1) is 11.8 Å². The highest BCUT2D eigenvalue weighted by Gasteiger charge is 2.50. The van der Waals surface area contributed by atoms with E-state index in [0.717, 1.165) is 38.5 Å². The number of rotatable bonds is 13. The van der Waals surface area contributed by atoms with Gasteiger partial charge in [-0.2, -0.15) is 0 Å². The summed E-state index contributed by atoms with van der Waals surface area (Å²) in [5.41, 5.74) is 1.17. The summed E-state index contributed by atoms with van der Waals surface area (Å²) in [5.74, 6) is 0.402. The smallest absolute Gasteiger partial charge is 0.303 e. The van der Waals surface area contributed by atoms with Crippen LogP contribution < -0.4 is 5.32 Å². The second-order valence-corrected chi connectivity index (χ2v) is 8.92. The number of carboxylic acid groups (broad SMARTS) is 1. The summed E-state index contributed by atoms with van der Waals surface area (Å²) in [5, 5.41) is 22.7. The number of carbonyl (C=O) groups is 1. The number of aliphatic hydroxyl groups excluding tert-OH is 1. The van der Waals surface area contributed by atoms with Crippen molar-refractivity contribution in [1.29, 1.82) is 0 Å². The predicted octanol–water partition coefficient (Wildman–Crippen LogP) is 3.79. The van der Waals surface area contributed by atoms with Crippen LogP contribution in [0.25, 0.3) is 0 Å². The Morgan fingerprint density at radius 2 is 1.86 bits per heavy atom. The number of benzene rings is 1. The van der Waals surface area contributed by atoms with Crippen LogP contribution >= 0.6 is 0 Å². The summed E-state index contributed by atoms with van der Waals surface area (Å²) in [4.78, 5) is 10.6. The molecule has 1 aromatic carbocycles. The molecule has 29 heavy (non-hydrogen) atoms. The molecular formula is C24H37NO4. The Bertz CT molecular complexity index is 623. The molecule has 0 aromatic heterocycles. The van der Waals surface area contributed by atoms with Gasteiger partial charge in [0.1, 0.15) is 0 Å². The minimum absolute atomic E-state index is 0.284. The molecule has 2 heterocycles. The lowest BCUT2D eigenvalue weighted by Crippen LogP contribution is -2.45. The van der Waals surface area contributed by atoms with Crippen LogP contribution in [0.4, 0.5) is 0 Å². The quantitative estimate of drug-likeness (QED) is 0.437. The van der Waals surface area contributed by atoms with Gasteiger partial charge >= 0.3 is 5.97 Å². The zero-order valence-electron chi connectivity index (χ0n) is 17.6. The van der Waals surface area contributed by atoms with Gasteiger partial charge in [-0.25, -0.2) is 0 Å². The van der Waals surface area contributed by atoms with Crippen molar-refractivity contribution in [2.45, 2.75) is 89.1 Å². The topological polar surface area (TPSA) is 78.8 Å². The summed E-state index contributed by atoms with van der Waals surface area (Å²) >= 11 is 0. The highest BCUT2D eigenvalue weighted by atomic mass is 16.5. The number of ether oxygens (including phenoxy) is 1. The van der Waals surface area contributed by atoms with Crippen molar-refractivity contribution in [3.8, 4) is 0 Å². The lowest BCUT2D eigenvalue weighted by Gasteiger charge is -2.33. The third kappa shape index (κ3) is 6.53. The predicted molar refractivity (Wildman–Crippen MR) is 114 cm³/mol. The maximum Gasteiger partial charge on any atom is 0.303 e. The molecule has 6 atom stereocenters. The number of hydrogen-bond donors (Lipinski definition) is 3. The van der Waals surface area contributed by atoms with Gasteiger partial charge in [0.05, 0.1) is 18.3 Å². The van der Waals surface area contributed by atoms with Gasteiger partial charge < -0.3 is 20.3 Å². The van der Waals surface area contributed by atoms with Gasteiger partial charge in [-0.3, -0.25) is 4.79 Å². The number of aliphatic carboxylic acids is 1. The van der Waals surface area contributed by atoms with Crippen LogP contribution in [0.3, 0.4) is 0 Å². The molecule has 2 aliphatic heterocycles. The molecule has 6 unspecified atom stereocenters. The van der Waals surface area contributed by atoms with E-state index in [2.05, 4.69) is 24.4 Å². The van der Waals surface area contributed by atoms with Crippen LogP contribution in [-0.4, -0.2) is 47.1 Å². The number of fused-ring (bicyclic) bond motifs is 2. The summed E-state index contributed by atoms with van der Waals surface area (Å²) < 4.78 is 6.25. The second kappa shape index (κ2) is 11.1. The number of carboxylic acids is 1. The van der Waals surface area contributed by atoms with Gasteiger partial charge in [0.15, 0.2) is 0 Å². The lowest BCUT2D eigenvalue weighted by atomic mass is 9.73. The fraction of sp³-hybridized carbons (Fsp3) is 0.708. The van der Waals surface area contributed by atoms with Crippen LogP contribution in [0.2, 0.25) is 0 Å². The molecule has 0 spiro atoms. The molecule has 2 fully saturated rings. The molecule has 1 aromatic rings. The van der Waals surface area contributed by atoms with Crippen LogP contribution in [-0.2, 0) is 16.0 Å². The second-order valence-electron chi connectivity index (χ2n) is 8.92. The maximum absolute atomic E-state index is 10.6. The Labute approximate surface area is 174 Å². The highest BCUT2D eigenvalue weighted by molar-refractivity contribution is 5.66. The van der Waals surface area contributed by atoms with Crippen molar-refractivity contribution in [2.24, 2.45) is 11.8 Å². The average molecular weight is 404 g/mol. The first-order chi connectivity index (χ1) is 14.0. The van der Waals surface area contributed by atoms with E-state index in [-0.39, 0.29) is 12.5 Å². The van der Waals surface area contributed by atoms with E-state index in [0.29, 0.717) is 43.1 Å². The normalized spacial score (nSPS) is 27.8. The third-order valence-electron chi connectivity index (χ3n) is 6.73. The van der Waals surface area contributed by atoms with Crippen molar-refractivity contribution in [2.75, 3.05) is 6.54 Å². The molecule has 0 aliphatic carbocycles. The standard InChI is InChI=1S/C24H37NO4/c1-17(25-16-19(26)15-18-9-5-4-6-10-18)24-20(21-13-14-22(24)29-21)11-7-2-3-8-12-23(27)28/h4-6,9-10,17,19-22,24-26H,2-3,7-8,11-16H2,1H3,(H,27,28). The molecule has 5 nitrogen and oxygen atoms in total. The van der Waals surface area contributed by atoms with E-state index in [1.54, 1.807) is 0 Å². The van der Waals surface area contributed by atoms with E-state index in [4.69, 9.17) is 9.84 Å². The van der Waals surface area contributed by atoms with Crippen LogP contribution in [0.15, 0.2) is 30.3 Å². The summed E-state index contributed by atoms with van der Waals surface area (Å²) in [6.07, 6.45) is 8.85. The zero-order chi connectivity index (χ0) is 20.6. The van der Waals surface area contributed by atoms with Crippen LogP contribution in [0.5, 0.6) is 0 Å². The largest absolute Gasteiger partial charge is 0.481 e. The van der Waals surface area contributed by atoms with E-state index in [9.17, 15) is 9.90 Å². The Balaban J connectivity index is 1.41. The van der Waals surface area contributed by atoms with E-state index >= 15 is 0 Å². The van der Waals surface area contributed by atoms with E-state index in [1.807, 2.05) is 18.2 Å². The number of nitrogens with one attached hydrogen (secondary N) is 1. The van der Waals surface area contributed by atoms with E-state index < -0.39 is 5.97 Å². The first-order valence-electron chi connectivity index (χ1n) is 11.4. The minimum atomic E-state index is -0.694. The first kappa shape index (κ1) is 22.3. The first-order valence-corrected chi connectivity index (χ1v) is 11.4. The molecule has 0 radical (unpaired) electrons. The molecule has 5 heteroatoms. The van der Waals surface area contributed by atoms with Gasteiger partial charge in [0, 0.05) is 24.9 Å². The number of hydrogen-bond acceptors (Lipinski definition) is 4. The molecule has 2 aliphatic rings. The average Bonchev–Trinajstić information content (AvgIpc) is 3.31. The van der Waals surface area contributed by atoms with Crippen molar-refractivity contribution >= 4 is 5.97 Å². The summed E-state index contributed by atoms with van der Waals surface area (Å²) in [7, 11) is 0. The molecule has 3 N–H and O–H groups in total. The molecular weight excluding hydrogens is 366 g/mol. The molecule has 0 saturated carbocycles. The van der Waals surface area contributed by atoms with Gasteiger partial charge in [-0.05, 0) is 50.5 Å². The third-order valence-corrected chi connectivity index (χ3v) is 6.73. The monoisotopic (exact) mass is 403 g/mol. The Kier molecular flexibility index (Phi) is 8.52. The Morgan fingerprint density at radius 3 is 2.62 bits per heavy atom. The number of unbranched alkanes of at least 4 members (excludes halogenated alkanes) is 3. The fourth-order valence-corrected chi connectivity index (χ4v) is 5.31. The molecule has 2 bridgehead atoms. The fourth-order valence-electron chi connectivity index (χ4n) is 5.31. The van der Waals surface area contributed by atoms with Crippen molar-refractivity contribution < 1.29 is 19.7 Å². The van der Waals surface area contributed by atoms with E-state index in [1.165, 1.54) is 12.0 Å². The van der Waals surface area contributed by atoms with Gasteiger partial charge in [0.2, 0.25) is 0 Å². The Morgan fingerprint density at radius 1 is 1.14 bits per heavy atom. The molecule has 3 rings (SSSR count). The van der Waals surface area contributed by atoms with Gasteiger partial charge in [-0.1, -0.05) is 49.6 Å². The summed E-state index contributed by atoms with van der Waals surface area (Å²) in [6.45, 7) is 2.84. The zero-order valence-corrected chi connectivity index (χ0v) is 17.6. The molecule has 0 amide bonds. The van der Waals surface area contributed by atoms with Gasteiger partial charge in [-0.15, -0.1) is 0 Å². The number of aliphatic hydroxyl groups is 1. The SMILES string of the molecule is CC(NCC(O)Cc1ccccc1)C1C2CCC(O2)C1CCCCCCC(=O)O. The molecule has 162 valence electrons. The van der Waals surface area contributed by atoms with Crippen molar-refractivity contribution in [1.82, 2.24) is 5.32 Å². The van der Waals surface area contributed by atoms with Gasteiger partial charge in [0.25, 0.3) is 0 Å². The lowest BCUT2D eigenvalue weighted by molar-refractivity contribution is -0.137. The molecule has 2 saturated heterocycles. The summed E-state index contributed by atoms with van der Waals surface area (Å²) in [6, 6.07) is 10.5. The van der Waals surface area contributed by atoms with Crippen LogP contribution in [0.1, 0.15) is 63.9 Å².